The molecule has 3 N–H and O–H groups in total. The van der Waals surface area contributed by atoms with Gasteiger partial charge in [0.15, 0.2) is 11.6 Å². The number of likely N-dealkylation sites (N-methyl/N-ethyl adjacent to an activating group) is 1. The molecule has 0 bridgehead atoms. The molecule has 0 saturated heterocycles. The second-order valence-electron chi connectivity index (χ2n) is 8.68. The molecule has 204 valence electrons. The fourth-order valence-corrected chi connectivity index (χ4v) is 4.19. The number of carbonyl (C=O) groups is 1. The zero-order chi connectivity index (χ0) is 27.8. The molecule has 0 aliphatic carbocycles. The van der Waals surface area contributed by atoms with Gasteiger partial charge in [-0.2, -0.15) is 0 Å². The number of aryl methyl sites for hydroxylation is 1. The van der Waals surface area contributed by atoms with Gasteiger partial charge in [0, 0.05) is 32.0 Å². The summed E-state index contributed by atoms with van der Waals surface area (Å²) in [5.74, 6) is -0.389. The number of amides is 1. The van der Waals surface area contributed by atoms with Crippen molar-refractivity contribution in [3.8, 4) is 28.4 Å². The number of hydrogen-bond acceptors (Lipinski definition) is 7. The Bertz CT molecular complexity index is 1330. The lowest BCUT2D eigenvalue weighted by Gasteiger charge is -2.21. The van der Waals surface area contributed by atoms with Crippen molar-refractivity contribution >= 4 is 23.3 Å². The van der Waals surface area contributed by atoms with Gasteiger partial charge in [0.25, 0.3) is 5.56 Å². The van der Waals surface area contributed by atoms with Gasteiger partial charge in [0.05, 0.1) is 42.4 Å². The monoisotopic (exact) mass is 546 g/mol. The maximum absolute atomic E-state index is 13.9. The average Bonchev–Trinajstić information content (AvgIpc) is 2.90. The normalized spacial score (nSPS) is 10.8. The molecular weight excluding hydrogens is 515 g/mol. The Balaban J connectivity index is 1.89. The van der Waals surface area contributed by atoms with Crippen molar-refractivity contribution in [2.45, 2.75) is 32.6 Å². The van der Waals surface area contributed by atoms with E-state index in [9.17, 15) is 19.1 Å². The molecule has 0 aliphatic heterocycles. The smallest absolute Gasteiger partial charge is 0.255 e. The molecule has 0 saturated carbocycles. The SMILES string of the molecule is CCCCc1[nH]c(=O)c(CC(=O)N(C)CCNc2ncc(Cl)cc2F)c(O)c1-c1c(OC)cccc1OC. The summed E-state index contributed by atoms with van der Waals surface area (Å²) in [7, 11) is 4.57. The number of benzene rings is 1. The highest BCUT2D eigenvalue weighted by atomic mass is 35.5. The van der Waals surface area contributed by atoms with Crippen LogP contribution in [0.25, 0.3) is 11.1 Å². The highest BCUT2D eigenvalue weighted by Crippen LogP contribution is 2.44. The lowest BCUT2D eigenvalue weighted by Crippen LogP contribution is -2.34. The highest BCUT2D eigenvalue weighted by Gasteiger charge is 2.26. The summed E-state index contributed by atoms with van der Waals surface area (Å²) in [5, 5.41) is 14.4. The van der Waals surface area contributed by atoms with Crippen LogP contribution in [0.5, 0.6) is 17.2 Å². The van der Waals surface area contributed by atoms with Gasteiger partial charge in [0.1, 0.15) is 17.2 Å². The summed E-state index contributed by atoms with van der Waals surface area (Å²) in [6.07, 6.45) is 3.13. The van der Waals surface area contributed by atoms with Crippen molar-refractivity contribution in [2.24, 2.45) is 0 Å². The molecule has 0 unspecified atom stereocenters. The third-order valence-corrected chi connectivity index (χ3v) is 6.33. The van der Waals surface area contributed by atoms with E-state index in [-0.39, 0.29) is 41.7 Å². The van der Waals surface area contributed by atoms with E-state index in [1.54, 1.807) is 25.2 Å². The Hall–Kier alpha value is -3.79. The molecule has 0 spiro atoms. The maximum atomic E-state index is 13.9. The number of halogens is 2. The van der Waals surface area contributed by atoms with Crippen LogP contribution in [0.15, 0.2) is 35.3 Å². The number of H-pyrrole nitrogens is 1. The van der Waals surface area contributed by atoms with Gasteiger partial charge >= 0.3 is 0 Å². The minimum Gasteiger partial charge on any atom is -0.507 e. The molecule has 0 radical (unpaired) electrons. The van der Waals surface area contributed by atoms with E-state index in [0.29, 0.717) is 34.7 Å². The number of aromatic hydroxyl groups is 1. The number of aromatic nitrogens is 2. The van der Waals surface area contributed by atoms with E-state index in [2.05, 4.69) is 15.3 Å². The molecule has 11 heteroatoms. The Morgan fingerprint density at radius 1 is 1.24 bits per heavy atom. The Kier molecular flexibility index (Phi) is 9.95. The van der Waals surface area contributed by atoms with Gasteiger partial charge in [0.2, 0.25) is 5.91 Å². The summed E-state index contributed by atoms with van der Waals surface area (Å²) in [6, 6.07) is 6.36. The number of methoxy groups -OCH3 is 2. The van der Waals surface area contributed by atoms with Crippen molar-refractivity contribution in [1.29, 1.82) is 0 Å². The van der Waals surface area contributed by atoms with Crippen LogP contribution in [0, 0.1) is 5.82 Å². The molecule has 0 aliphatic rings. The summed E-state index contributed by atoms with van der Waals surface area (Å²) >= 11 is 5.72. The molecule has 2 aromatic heterocycles. The quantitative estimate of drug-likeness (QED) is 0.308. The van der Waals surface area contributed by atoms with Crippen molar-refractivity contribution in [3.05, 3.63) is 62.9 Å². The van der Waals surface area contributed by atoms with E-state index in [1.165, 1.54) is 25.3 Å². The molecule has 0 atom stereocenters. The third-order valence-electron chi connectivity index (χ3n) is 6.12. The second kappa shape index (κ2) is 13.1. The number of aromatic amines is 1. The van der Waals surface area contributed by atoms with Gasteiger partial charge in [-0.3, -0.25) is 9.59 Å². The molecule has 1 amide bonds. The van der Waals surface area contributed by atoms with Crippen LogP contribution in [0.4, 0.5) is 10.2 Å². The number of nitrogens with one attached hydrogen (secondary N) is 2. The van der Waals surface area contributed by atoms with Crippen LogP contribution < -0.4 is 20.3 Å². The van der Waals surface area contributed by atoms with Crippen LogP contribution in [0.1, 0.15) is 31.0 Å². The molecule has 2 heterocycles. The Labute approximate surface area is 225 Å². The second-order valence-corrected chi connectivity index (χ2v) is 9.12. The van der Waals surface area contributed by atoms with Crippen molar-refractivity contribution < 1.29 is 23.8 Å². The van der Waals surface area contributed by atoms with Crippen LogP contribution >= 0.6 is 11.6 Å². The summed E-state index contributed by atoms with van der Waals surface area (Å²) in [6.45, 7) is 2.43. The van der Waals surface area contributed by atoms with Gasteiger partial charge < -0.3 is 29.8 Å². The summed E-state index contributed by atoms with van der Waals surface area (Å²) in [4.78, 5) is 34.2. The Morgan fingerprint density at radius 3 is 2.53 bits per heavy atom. The lowest BCUT2D eigenvalue weighted by atomic mass is 9.95. The molecule has 38 heavy (non-hydrogen) atoms. The van der Waals surface area contributed by atoms with Gasteiger partial charge in [-0.25, -0.2) is 9.37 Å². The van der Waals surface area contributed by atoms with Gasteiger partial charge in [-0.1, -0.05) is 31.0 Å². The van der Waals surface area contributed by atoms with Gasteiger partial charge in [-0.15, -0.1) is 0 Å². The van der Waals surface area contributed by atoms with Crippen molar-refractivity contribution in [3.63, 3.8) is 0 Å². The number of hydrogen-bond donors (Lipinski definition) is 3. The molecule has 0 fully saturated rings. The maximum Gasteiger partial charge on any atom is 0.255 e. The molecule has 9 nitrogen and oxygen atoms in total. The largest absolute Gasteiger partial charge is 0.507 e. The minimum absolute atomic E-state index is 0.0161. The van der Waals surface area contributed by atoms with E-state index < -0.39 is 17.3 Å². The Morgan fingerprint density at radius 2 is 1.92 bits per heavy atom. The molecular formula is C27H32ClFN4O5. The molecule has 1 aromatic carbocycles. The van der Waals surface area contributed by atoms with Crippen molar-refractivity contribution in [2.75, 3.05) is 39.7 Å². The van der Waals surface area contributed by atoms with E-state index in [4.69, 9.17) is 21.1 Å². The first-order valence-corrected chi connectivity index (χ1v) is 12.6. The standard InChI is InChI=1S/C27H32ClFN4O5/c1-5-6-8-19-23(24-20(37-3)9-7-10-21(24)38-4)25(35)17(27(36)32-19)14-22(34)33(2)12-11-30-26-18(29)13-16(28)15-31-26/h7,9-10,13,15H,5-6,8,11-12,14H2,1-4H3,(H,30,31)(H2,32,35,36). The van der Waals surface area contributed by atoms with Gasteiger partial charge in [-0.05, 0) is 31.0 Å². The predicted molar refractivity (Wildman–Crippen MR) is 145 cm³/mol. The number of carbonyl (C=O) groups excluding carboxylic acids is 1. The predicted octanol–water partition coefficient (Wildman–Crippen LogP) is 4.41. The lowest BCUT2D eigenvalue weighted by molar-refractivity contribution is -0.129. The van der Waals surface area contributed by atoms with Crippen LogP contribution in [0.3, 0.4) is 0 Å². The van der Waals surface area contributed by atoms with Crippen LogP contribution in [-0.2, 0) is 17.6 Å². The van der Waals surface area contributed by atoms with E-state index in [1.807, 2.05) is 6.92 Å². The fourth-order valence-electron chi connectivity index (χ4n) is 4.05. The van der Waals surface area contributed by atoms with E-state index >= 15 is 0 Å². The zero-order valence-electron chi connectivity index (χ0n) is 21.9. The number of unbranched alkanes of at least 4 members (excludes halogenated alkanes) is 1. The summed E-state index contributed by atoms with van der Waals surface area (Å²) in [5.41, 5.74) is 0.773. The molecule has 3 aromatic rings. The zero-order valence-corrected chi connectivity index (χ0v) is 22.6. The number of anilines is 1. The number of ether oxygens (including phenoxy) is 2. The number of pyridine rings is 2. The topological polar surface area (TPSA) is 117 Å². The first-order chi connectivity index (χ1) is 18.2. The van der Waals surface area contributed by atoms with Crippen LogP contribution in [-0.4, -0.2) is 60.2 Å². The van der Waals surface area contributed by atoms with E-state index in [0.717, 1.165) is 18.9 Å². The number of nitrogens with zero attached hydrogens (tertiary/aromatic N) is 2. The third kappa shape index (κ3) is 6.55. The fraction of sp³-hybridized carbons (Fsp3) is 0.370. The van der Waals surface area contributed by atoms with Crippen molar-refractivity contribution in [1.82, 2.24) is 14.9 Å². The highest BCUT2D eigenvalue weighted by molar-refractivity contribution is 6.30. The number of rotatable bonds is 12. The first kappa shape index (κ1) is 28.8. The minimum atomic E-state index is -0.606. The van der Waals surface area contributed by atoms with Crippen LogP contribution in [0.2, 0.25) is 5.02 Å². The molecule has 3 rings (SSSR count). The average molecular weight is 547 g/mol. The first-order valence-electron chi connectivity index (χ1n) is 12.2. The summed E-state index contributed by atoms with van der Waals surface area (Å²) < 4.78 is 25.0.